The number of nitriles is 1. The summed E-state index contributed by atoms with van der Waals surface area (Å²) in [5.74, 6) is -0.223. The molecular weight excluding hydrogens is 549 g/mol. The largest absolute Gasteiger partial charge is 0.416 e. The van der Waals surface area contributed by atoms with Crippen LogP contribution in [-0.2, 0) is 30.5 Å². The average Bonchev–Trinajstić information content (AvgIpc) is 3.38. The Balaban J connectivity index is 1.70. The summed E-state index contributed by atoms with van der Waals surface area (Å²) in [6.45, 7) is 5.26. The molecule has 1 amide bonds. The van der Waals surface area contributed by atoms with Crippen LogP contribution in [0.5, 0.6) is 0 Å². The molecule has 2 aromatic carbocycles. The van der Waals surface area contributed by atoms with Gasteiger partial charge in [-0.2, -0.15) is 18.4 Å². The Bertz CT molecular complexity index is 1330. The van der Waals surface area contributed by atoms with Crippen molar-refractivity contribution < 1.29 is 18.0 Å². The highest BCUT2D eigenvalue weighted by Crippen LogP contribution is 2.32. The van der Waals surface area contributed by atoms with E-state index < -0.39 is 11.7 Å². The van der Waals surface area contributed by atoms with Crippen LogP contribution >= 0.6 is 12.2 Å². The monoisotopic (exact) mass is 584 g/mol. The van der Waals surface area contributed by atoms with E-state index in [9.17, 15) is 18.0 Å². The first-order chi connectivity index (χ1) is 19.6. The summed E-state index contributed by atoms with van der Waals surface area (Å²) in [6.07, 6.45) is 1.27. The van der Waals surface area contributed by atoms with Gasteiger partial charge < -0.3 is 20.1 Å². The quantitative estimate of drug-likeness (QED) is 0.206. The van der Waals surface area contributed by atoms with Gasteiger partial charge >= 0.3 is 6.18 Å². The van der Waals surface area contributed by atoms with Crippen molar-refractivity contribution in [3.05, 3.63) is 89.0 Å². The predicted molar refractivity (Wildman–Crippen MR) is 156 cm³/mol. The van der Waals surface area contributed by atoms with Gasteiger partial charge in [0.2, 0.25) is 5.91 Å². The van der Waals surface area contributed by atoms with Gasteiger partial charge in [0.1, 0.15) is 0 Å². The highest BCUT2D eigenvalue weighted by Gasteiger charge is 2.33. The zero-order chi connectivity index (χ0) is 29.8. The van der Waals surface area contributed by atoms with E-state index in [-0.39, 0.29) is 37.0 Å². The minimum atomic E-state index is -4.49. The zero-order valence-electron chi connectivity index (χ0n) is 23.2. The molecule has 1 atom stereocenters. The summed E-state index contributed by atoms with van der Waals surface area (Å²) in [4.78, 5) is 19.0. The number of hydrogen-bond acceptors (Lipinski definition) is 4. The smallest absolute Gasteiger partial charge is 0.363 e. The zero-order valence-corrected chi connectivity index (χ0v) is 24.1. The van der Waals surface area contributed by atoms with Crippen LogP contribution in [0.4, 0.5) is 13.2 Å². The normalized spacial score (nSPS) is 11.9. The number of unbranched alkanes of at least 4 members (excludes halogenated alkanes) is 1. The Morgan fingerprint density at radius 3 is 2.56 bits per heavy atom. The Labute approximate surface area is 244 Å². The number of alkyl halides is 3. The fraction of sp³-hybridized carbons (Fsp3) is 0.400. The number of nitrogens with zero attached hydrogens (tertiary/aromatic N) is 4. The van der Waals surface area contributed by atoms with Gasteiger partial charge in [0.05, 0.1) is 29.9 Å². The molecule has 0 spiro atoms. The molecule has 1 aromatic heterocycles. The minimum absolute atomic E-state index is 0.0443. The van der Waals surface area contributed by atoms with Crippen LogP contribution < -0.4 is 10.6 Å². The van der Waals surface area contributed by atoms with Crippen molar-refractivity contribution >= 4 is 23.2 Å². The molecule has 0 fully saturated rings. The molecule has 218 valence electrons. The van der Waals surface area contributed by atoms with Gasteiger partial charge in [-0.3, -0.25) is 4.79 Å². The predicted octanol–water partition coefficient (Wildman–Crippen LogP) is 5.44. The number of benzene rings is 2. The first-order valence-corrected chi connectivity index (χ1v) is 14.0. The number of imidazole rings is 1. The van der Waals surface area contributed by atoms with Crippen molar-refractivity contribution in [3.8, 4) is 6.07 Å². The molecule has 11 heteroatoms. The molecule has 0 bridgehead atoms. The number of carbonyl (C=O) groups is 1. The third-order valence-electron chi connectivity index (χ3n) is 6.65. The molecule has 0 aliphatic carbocycles. The average molecular weight is 585 g/mol. The van der Waals surface area contributed by atoms with E-state index in [0.29, 0.717) is 30.2 Å². The molecule has 0 saturated heterocycles. The van der Waals surface area contributed by atoms with E-state index in [1.165, 1.54) is 12.1 Å². The van der Waals surface area contributed by atoms with E-state index in [1.807, 2.05) is 30.5 Å². The molecule has 1 heterocycles. The number of hydrogen-bond donors (Lipinski definition) is 2. The number of rotatable bonds is 13. The third-order valence-corrected chi connectivity index (χ3v) is 7.06. The fourth-order valence-corrected chi connectivity index (χ4v) is 4.59. The summed E-state index contributed by atoms with van der Waals surface area (Å²) in [5.41, 5.74) is 1.67. The highest BCUT2D eigenvalue weighted by atomic mass is 32.1. The summed E-state index contributed by atoms with van der Waals surface area (Å²) in [5, 5.41) is 15.5. The van der Waals surface area contributed by atoms with Crippen LogP contribution in [0, 0.1) is 11.3 Å². The topological polar surface area (TPSA) is 86.0 Å². The van der Waals surface area contributed by atoms with Crippen molar-refractivity contribution in [1.82, 2.24) is 25.1 Å². The van der Waals surface area contributed by atoms with Crippen LogP contribution in [0.2, 0.25) is 0 Å². The maximum absolute atomic E-state index is 13.7. The van der Waals surface area contributed by atoms with Gasteiger partial charge in [-0.15, -0.1) is 0 Å². The Morgan fingerprint density at radius 1 is 1.17 bits per heavy atom. The number of carbonyl (C=O) groups excluding carboxylic acids is 1. The standard InChI is InChI=1S/C30H35F3N6OS/c1-3-5-14-36-29(41)38(19-24-8-6-7-9-27(24)30(31,32)33)20-25(4-2)37-28(40)15-26-17-35-21-39(26)18-23-12-10-22(16-34)11-13-23/h6-13,17,21,25H,3-5,14-15,18-20H2,1-2H3,(H,36,41)(H,37,40)/t25-/m0/s1. The number of halogens is 3. The molecular formula is C30H35F3N6OS. The molecule has 0 radical (unpaired) electrons. The summed E-state index contributed by atoms with van der Waals surface area (Å²) < 4.78 is 42.9. The van der Waals surface area contributed by atoms with Gasteiger partial charge in [-0.05, 0) is 54.4 Å². The summed E-state index contributed by atoms with van der Waals surface area (Å²) in [6, 6.07) is 14.4. The van der Waals surface area contributed by atoms with Gasteiger partial charge in [-0.1, -0.05) is 50.6 Å². The van der Waals surface area contributed by atoms with Crippen molar-refractivity contribution in [2.24, 2.45) is 0 Å². The van der Waals surface area contributed by atoms with Crippen molar-refractivity contribution in [2.45, 2.75) is 64.8 Å². The molecule has 3 aromatic rings. The van der Waals surface area contributed by atoms with E-state index in [1.54, 1.807) is 35.6 Å². The minimum Gasteiger partial charge on any atom is -0.363 e. The first kappa shape index (κ1) is 31.6. The Kier molecular flexibility index (Phi) is 11.7. The first-order valence-electron chi connectivity index (χ1n) is 13.6. The lowest BCUT2D eigenvalue weighted by Gasteiger charge is -2.31. The molecule has 41 heavy (non-hydrogen) atoms. The molecule has 0 aliphatic heterocycles. The van der Waals surface area contributed by atoms with Crippen molar-refractivity contribution in [2.75, 3.05) is 13.1 Å². The van der Waals surface area contributed by atoms with Crippen LogP contribution in [0.3, 0.4) is 0 Å². The third kappa shape index (κ3) is 9.60. The van der Waals surface area contributed by atoms with Crippen LogP contribution in [0.1, 0.15) is 61.1 Å². The van der Waals surface area contributed by atoms with Gasteiger partial charge in [0.25, 0.3) is 0 Å². The number of thiocarbonyl (C=S) groups is 1. The molecule has 7 nitrogen and oxygen atoms in total. The second-order valence-electron chi connectivity index (χ2n) is 9.79. The SMILES string of the molecule is CCCCNC(=S)N(Cc1ccccc1C(F)(F)F)C[C@H](CC)NC(=O)Cc1cncn1Cc1ccc(C#N)cc1. The number of aromatic nitrogens is 2. The molecule has 0 aliphatic rings. The Hall–Kier alpha value is -3.91. The van der Waals surface area contributed by atoms with Gasteiger partial charge in [0, 0.05) is 44.1 Å². The van der Waals surface area contributed by atoms with Crippen LogP contribution in [0.25, 0.3) is 0 Å². The maximum Gasteiger partial charge on any atom is 0.416 e. The van der Waals surface area contributed by atoms with Crippen molar-refractivity contribution in [1.29, 1.82) is 5.26 Å². The van der Waals surface area contributed by atoms with E-state index in [4.69, 9.17) is 17.5 Å². The molecule has 0 unspecified atom stereocenters. The van der Waals surface area contributed by atoms with E-state index >= 15 is 0 Å². The molecule has 2 N–H and O–H groups in total. The molecule has 3 rings (SSSR count). The lowest BCUT2D eigenvalue weighted by Crippen LogP contribution is -2.48. The fourth-order valence-electron chi connectivity index (χ4n) is 4.35. The van der Waals surface area contributed by atoms with Crippen LogP contribution in [-0.4, -0.2) is 44.6 Å². The van der Waals surface area contributed by atoms with Crippen molar-refractivity contribution in [3.63, 3.8) is 0 Å². The highest BCUT2D eigenvalue weighted by molar-refractivity contribution is 7.80. The van der Waals surface area contributed by atoms with Crippen LogP contribution in [0.15, 0.2) is 61.1 Å². The van der Waals surface area contributed by atoms with Gasteiger partial charge in [0.15, 0.2) is 5.11 Å². The lowest BCUT2D eigenvalue weighted by molar-refractivity contribution is -0.138. The van der Waals surface area contributed by atoms with E-state index in [0.717, 1.165) is 30.2 Å². The van der Waals surface area contributed by atoms with E-state index in [2.05, 4.69) is 21.7 Å². The number of nitrogens with one attached hydrogen (secondary N) is 2. The maximum atomic E-state index is 13.7. The lowest BCUT2D eigenvalue weighted by atomic mass is 10.1. The molecule has 0 saturated carbocycles. The summed E-state index contributed by atoms with van der Waals surface area (Å²) >= 11 is 5.58. The second kappa shape index (κ2) is 15.2. The summed E-state index contributed by atoms with van der Waals surface area (Å²) in [7, 11) is 0. The second-order valence-corrected chi connectivity index (χ2v) is 10.2. The Morgan fingerprint density at radius 2 is 1.90 bits per heavy atom. The number of amides is 1. The van der Waals surface area contributed by atoms with Gasteiger partial charge in [-0.25, -0.2) is 4.98 Å².